The minimum Gasteiger partial charge on any atom is -0.326 e. The van der Waals surface area contributed by atoms with E-state index in [0.717, 1.165) is 31.4 Å². The number of benzene rings is 1. The van der Waals surface area contributed by atoms with E-state index in [2.05, 4.69) is 10.6 Å². The zero-order valence-electron chi connectivity index (χ0n) is 10.0. The molecular formula is C13H18N2O2. The minimum absolute atomic E-state index is 0.0138. The average Bonchev–Trinajstić information content (AvgIpc) is 2.36. The SMILES string of the molecule is CNCCCCC(=O)Nc1ccc(C=O)cc1. The van der Waals surface area contributed by atoms with Crippen molar-refractivity contribution >= 4 is 17.9 Å². The molecule has 0 bridgehead atoms. The summed E-state index contributed by atoms with van der Waals surface area (Å²) >= 11 is 0. The van der Waals surface area contributed by atoms with Crippen molar-refractivity contribution in [2.45, 2.75) is 19.3 Å². The third-order valence-electron chi connectivity index (χ3n) is 2.41. The van der Waals surface area contributed by atoms with Gasteiger partial charge in [-0.1, -0.05) is 0 Å². The molecule has 0 fully saturated rings. The van der Waals surface area contributed by atoms with Crippen LogP contribution in [0.1, 0.15) is 29.6 Å². The third kappa shape index (κ3) is 5.26. The van der Waals surface area contributed by atoms with Gasteiger partial charge in [-0.3, -0.25) is 9.59 Å². The molecule has 0 spiro atoms. The van der Waals surface area contributed by atoms with Crippen LogP contribution in [-0.2, 0) is 4.79 Å². The summed E-state index contributed by atoms with van der Waals surface area (Å²) < 4.78 is 0. The number of unbranched alkanes of at least 4 members (excludes halogenated alkanes) is 1. The summed E-state index contributed by atoms with van der Waals surface area (Å²) in [6.45, 7) is 0.932. The normalized spacial score (nSPS) is 9.94. The quantitative estimate of drug-likeness (QED) is 0.559. The molecule has 0 heterocycles. The Bertz CT molecular complexity index is 360. The molecule has 0 aliphatic rings. The second kappa shape index (κ2) is 7.57. The molecule has 0 atom stereocenters. The van der Waals surface area contributed by atoms with Gasteiger partial charge in [-0.15, -0.1) is 0 Å². The van der Waals surface area contributed by atoms with E-state index in [1.165, 1.54) is 0 Å². The molecule has 1 rings (SSSR count). The Hall–Kier alpha value is -1.68. The van der Waals surface area contributed by atoms with Crippen molar-refractivity contribution in [3.63, 3.8) is 0 Å². The van der Waals surface area contributed by atoms with Gasteiger partial charge in [0.05, 0.1) is 0 Å². The van der Waals surface area contributed by atoms with E-state index in [0.29, 0.717) is 12.0 Å². The van der Waals surface area contributed by atoms with Crippen LogP contribution in [0.5, 0.6) is 0 Å². The maximum Gasteiger partial charge on any atom is 0.224 e. The largest absolute Gasteiger partial charge is 0.326 e. The summed E-state index contributed by atoms with van der Waals surface area (Å²) in [6, 6.07) is 6.83. The van der Waals surface area contributed by atoms with Gasteiger partial charge in [0.2, 0.25) is 5.91 Å². The Morgan fingerprint density at radius 1 is 1.24 bits per heavy atom. The van der Waals surface area contributed by atoms with Gasteiger partial charge < -0.3 is 10.6 Å². The summed E-state index contributed by atoms with van der Waals surface area (Å²) in [6.07, 6.45) is 3.17. The van der Waals surface area contributed by atoms with Crippen LogP contribution in [0, 0.1) is 0 Å². The van der Waals surface area contributed by atoms with E-state index in [9.17, 15) is 9.59 Å². The molecule has 4 nitrogen and oxygen atoms in total. The number of aldehydes is 1. The lowest BCUT2D eigenvalue weighted by Crippen LogP contribution is -2.13. The van der Waals surface area contributed by atoms with Crippen molar-refractivity contribution < 1.29 is 9.59 Å². The van der Waals surface area contributed by atoms with Crippen molar-refractivity contribution in [2.24, 2.45) is 0 Å². The Kier molecular flexibility index (Phi) is 5.96. The van der Waals surface area contributed by atoms with E-state index in [1.54, 1.807) is 24.3 Å². The maximum absolute atomic E-state index is 11.5. The lowest BCUT2D eigenvalue weighted by molar-refractivity contribution is -0.116. The number of anilines is 1. The smallest absolute Gasteiger partial charge is 0.224 e. The van der Waals surface area contributed by atoms with Crippen LogP contribution in [0.3, 0.4) is 0 Å². The summed E-state index contributed by atoms with van der Waals surface area (Å²) in [4.78, 5) is 22.0. The Balaban J connectivity index is 2.32. The second-order valence-electron chi connectivity index (χ2n) is 3.85. The minimum atomic E-state index is 0.0138. The molecule has 0 radical (unpaired) electrons. The van der Waals surface area contributed by atoms with Gasteiger partial charge >= 0.3 is 0 Å². The lowest BCUT2D eigenvalue weighted by Gasteiger charge is -2.05. The number of carbonyl (C=O) groups excluding carboxylic acids is 2. The number of hydrogen-bond donors (Lipinski definition) is 2. The fourth-order valence-electron chi connectivity index (χ4n) is 1.46. The number of carbonyl (C=O) groups is 2. The van der Waals surface area contributed by atoms with Crippen molar-refractivity contribution in [3.8, 4) is 0 Å². The highest BCUT2D eigenvalue weighted by Gasteiger charge is 2.01. The molecule has 1 aromatic carbocycles. The summed E-state index contributed by atoms with van der Waals surface area (Å²) in [5, 5.41) is 5.83. The highest BCUT2D eigenvalue weighted by molar-refractivity contribution is 5.91. The molecule has 0 saturated carbocycles. The van der Waals surface area contributed by atoms with Gasteiger partial charge in [-0.05, 0) is 50.7 Å². The molecule has 4 heteroatoms. The van der Waals surface area contributed by atoms with Crippen LogP contribution in [0.15, 0.2) is 24.3 Å². The topological polar surface area (TPSA) is 58.2 Å². The van der Waals surface area contributed by atoms with E-state index < -0.39 is 0 Å². The first-order valence-electron chi connectivity index (χ1n) is 5.76. The predicted molar refractivity (Wildman–Crippen MR) is 68.2 cm³/mol. The zero-order valence-corrected chi connectivity index (χ0v) is 10.0. The number of rotatable bonds is 7. The molecule has 0 unspecified atom stereocenters. The molecule has 1 aromatic rings. The van der Waals surface area contributed by atoms with Crippen molar-refractivity contribution in [3.05, 3.63) is 29.8 Å². The maximum atomic E-state index is 11.5. The molecule has 92 valence electrons. The molecule has 0 aliphatic carbocycles. The molecular weight excluding hydrogens is 216 g/mol. The highest BCUT2D eigenvalue weighted by Crippen LogP contribution is 2.09. The van der Waals surface area contributed by atoms with Crippen molar-refractivity contribution in [1.29, 1.82) is 0 Å². The summed E-state index contributed by atoms with van der Waals surface area (Å²) in [5.41, 5.74) is 1.34. The molecule has 1 amide bonds. The standard InChI is InChI=1S/C13H18N2O2/c1-14-9-3-2-4-13(17)15-12-7-5-11(10-16)6-8-12/h5-8,10,14H,2-4,9H2,1H3,(H,15,17). The predicted octanol–water partition coefficient (Wildman–Crippen LogP) is 1.83. The first-order chi connectivity index (χ1) is 8.26. The van der Waals surface area contributed by atoms with Crippen LogP contribution < -0.4 is 10.6 Å². The first kappa shape index (κ1) is 13.4. The number of nitrogens with one attached hydrogen (secondary N) is 2. The van der Waals surface area contributed by atoms with Gasteiger partial charge in [0.25, 0.3) is 0 Å². The van der Waals surface area contributed by atoms with Crippen LogP contribution in [0.4, 0.5) is 5.69 Å². The third-order valence-corrected chi connectivity index (χ3v) is 2.41. The summed E-state index contributed by atoms with van der Waals surface area (Å²) in [7, 11) is 1.90. The highest BCUT2D eigenvalue weighted by atomic mass is 16.1. The Labute approximate surface area is 101 Å². The molecule has 17 heavy (non-hydrogen) atoms. The van der Waals surface area contributed by atoms with Gasteiger partial charge in [-0.2, -0.15) is 0 Å². The molecule has 2 N–H and O–H groups in total. The number of hydrogen-bond acceptors (Lipinski definition) is 3. The second-order valence-corrected chi connectivity index (χ2v) is 3.85. The molecule has 0 aromatic heterocycles. The fourth-order valence-corrected chi connectivity index (χ4v) is 1.46. The first-order valence-corrected chi connectivity index (χ1v) is 5.76. The van der Waals surface area contributed by atoms with Crippen molar-refractivity contribution in [2.75, 3.05) is 18.9 Å². The van der Waals surface area contributed by atoms with E-state index in [-0.39, 0.29) is 5.91 Å². The Morgan fingerprint density at radius 3 is 2.53 bits per heavy atom. The zero-order chi connectivity index (χ0) is 12.5. The lowest BCUT2D eigenvalue weighted by atomic mass is 10.2. The van der Waals surface area contributed by atoms with Crippen molar-refractivity contribution in [1.82, 2.24) is 5.32 Å². The van der Waals surface area contributed by atoms with Crippen LogP contribution in [0.2, 0.25) is 0 Å². The van der Waals surface area contributed by atoms with E-state index in [1.807, 2.05) is 7.05 Å². The van der Waals surface area contributed by atoms with E-state index >= 15 is 0 Å². The number of amides is 1. The van der Waals surface area contributed by atoms with E-state index in [4.69, 9.17) is 0 Å². The van der Waals surface area contributed by atoms with Crippen LogP contribution in [0.25, 0.3) is 0 Å². The molecule has 0 aliphatic heterocycles. The Morgan fingerprint density at radius 2 is 1.94 bits per heavy atom. The monoisotopic (exact) mass is 234 g/mol. The average molecular weight is 234 g/mol. The van der Waals surface area contributed by atoms with Gasteiger partial charge in [0.15, 0.2) is 0 Å². The van der Waals surface area contributed by atoms with Gasteiger partial charge in [0, 0.05) is 17.7 Å². The summed E-state index contributed by atoms with van der Waals surface area (Å²) in [5.74, 6) is 0.0138. The van der Waals surface area contributed by atoms with Gasteiger partial charge in [0.1, 0.15) is 6.29 Å². The fraction of sp³-hybridized carbons (Fsp3) is 0.385. The van der Waals surface area contributed by atoms with Crippen LogP contribution >= 0.6 is 0 Å². The van der Waals surface area contributed by atoms with Gasteiger partial charge in [-0.25, -0.2) is 0 Å². The van der Waals surface area contributed by atoms with Crippen LogP contribution in [-0.4, -0.2) is 25.8 Å². The molecule has 0 saturated heterocycles.